The summed E-state index contributed by atoms with van der Waals surface area (Å²) in [6.07, 6.45) is -1.21. The molecule has 0 spiro atoms. The normalized spacial score (nSPS) is 16.7. The summed E-state index contributed by atoms with van der Waals surface area (Å²) in [4.78, 5) is 0. The van der Waals surface area contributed by atoms with E-state index in [0.717, 1.165) is 0 Å². The molecular weight excluding hydrogens is 448 g/mol. The largest absolute Gasteiger partial charge is 0.508 e. The third kappa shape index (κ3) is 3.17. The summed E-state index contributed by atoms with van der Waals surface area (Å²) < 4.78 is 6.17. The van der Waals surface area contributed by atoms with Crippen LogP contribution < -0.4 is 0 Å². The first-order valence-electron chi connectivity index (χ1n) is 10.9. The summed E-state index contributed by atoms with van der Waals surface area (Å²) in [5.41, 5.74) is 3.27. The van der Waals surface area contributed by atoms with E-state index >= 15 is 0 Å². The number of hydrogen-bond acceptors (Lipinski definition) is 7. The van der Waals surface area contributed by atoms with E-state index in [9.17, 15) is 30.6 Å². The van der Waals surface area contributed by atoms with Gasteiger partial charge in [-0.15, -0.1) is 0 Å². The van der Waals surface area contributed by atoms with E-state index in [4.69, 9.17) is 4.42 Å². The summed E-state index contributed by atoms with van der Waals surface area (Å²) in [6.45, 7) is 0. The lowest BCUT2D eigenvalue weighted by atomic mass is 9.82. The Hall–Kier alpha value is -4.62. The highest BCUT2D eigenvalue weighted by molar-refractivity contribution is 6.06. The van der Waals surface area contributed by atoms with Crippen molar-refractivity contribution in [2.24, 2.45) is 0 Å². The summed E-state index contributed by atoms with van der Waals surface area (Å²) in [5.74, 6) is -0.780. The smallest absolute Gasteiger partial charge is 0.143 e. The van der Waals surface area contributed by atoms with E-state index in [1.807, 2.05) is 0 Å². The Balaban J connectivity index is 1.77. The molecule has 0 saturated carbocycles. The fourth-order valence-corrected chi connectivity index (χ4v) is 5.08. The molecule has 1 aliphatic rings. The van der Waals surface area contributed by atoms with Crippen molar-refractivity contribution in [2.75, 3.05) is 0 Å². The molecule has 6 rings (SSSR count). The average Bonchev–Trinajstić information content (AvgIpc) is 3.15. The van der Waals surface area contributed by atoms with E-state index in [0.29, 0.717) is 50.1 Å². The Bertz CT molecular complexity index is 1600. The molecular formula is C28H20O7. The number of rotatable bonds is 2. The van der Waals surface area contributed by atoms with Gasteiger partial charge in [0, 0.05) is 40.1 Å². The highest BCUT2D eigenvalue weighted by Gasteiger charge is 2.38. The standard InChI is InChI=1S/C28H20O7/c29-15-5-1-13(2-6-15)23-24-19(9-17(31)11-21(24)33)26-25-20(27(23)34)10-18(32)12-22(25)35-28(26)14-3-7-16(30)8-4-14/h1-12,23,27,29-34H/t23-,27+/m0/s1. The van der Waals surface area contributed by atoms with Gasteiger partial charge in [-0.2, -0.15) is 0 Å². The van der Waals surface area contributed by atoms with Crippen LogP contribution >= 0.6 is 0 Å². The number of phenolic OH excluding ortho intramolecular Hbond substituents is 5. The third-order valence-electron chi connectivity index (χ3n) is 6.55. The summed E-state index contributed by atoms with van der Waals surface area (Å²) in [5, 5.41) is 63.8. The molecule has 174 valence electrons. The third-order valence-corrected chi connectivity index (χ3v) is 6.55. The molecule has 7 heteroatoms. The SMILES string of the molecule is Oc1ccc(-c2oc3cc(O)cc4c3c2-c2cc(O)cc(O)c2[C@H](c2ccc(O)cc2)[C@@H]4O)cc1. The van der Waals surface area contributed by atoms with Crippen molar-refractivity contribution in [1.29, 1.82) is 0 Å². The Morgan fingerprint density at radius 2 is 1.29 bits per heavy atom. The van der Waals surface area contributed by atoms with Crippen LogP contribution in [0.2, 0.25) is 0 Å². The molecule has 0 aliphatic heterocycles. The van der Waals surface area contributed by atoms with Crippen LogP contribution in [0.1, 0.15) is 28.7 Å². The first kappa shape index (κ1) is 20.9. The van der Waals surface area contributed by atoms with Gasteiger partial charge in [0.25, 0.3) is 0 Å². The first-order valence-corrected chi connectivity index (χ1v) is 10.9. The van der Waals surface area contributed by atoms with Gasteiger partial charge in [-0.1, -0.05) is 12.1 Å². The monoisotopic (exact) mass is 468 g/mol. The quantitative estimate of drug-likeness (QED) is 0.202. The van der Waals surface area contributed by atoms with Gasteiger partial charge in [0.1, 0.15) is 40.1 Å². The molecule has 6 N–H and O–H groups in total. The van der Waals surface area contributed by atoms with Gasteiger partial charge in [0.15, 0.2) is 0 Å². The number of fused-ring (bicyclic) bond motifs is 2. The molecule has 7 nitrogen and oxygen atoms in total. The molecule has 0 amide bonds. The topological polar surface area (TPSA) is 135 Å². The van der Waals surface area contributed by atoms with Crippen molar-refractivity contribution in [3.8, 4) is 51.2 Å². The maximum absolute atomic E-state index is 11.7. The minimum atomic E-state index is -1.21. The van der Waals surface area contributed by atoms with Crippen LogP contribution in [0.3, 0.4) is 0 Å². The number of aliphatic hydroxyl groups is 1. The van der Waals surface area contributed by atoms with Crippen molar-refractivity contribution in [1.82, 2.24) is 0 Å². The van der Waals surface area contributed by atoms with E-state index in [2.05, 4.69) is 0 Å². The highest BCUT2D eigenvalue weighted by Crippen LogP contribution is 2.56. The molecule has 0 bridgehead atoms. The van der Waals surface area contributed by atoms with Crippen molar-refractivity contribution in [3.05, 3.63) is 89.5 Å². The zero-order chi connectivity index (χ0) is 24.4. The second kappa shape index (κ2) is 7.44. The average molecular weight is 468 g/mol. The number of furan rings is 1. The lowest BCUT2D eigenvalue weighted by molar-refractivity contribution is 0.159. The molecule has 0 saturated heterocycles. The first-order chi connectivity index (χ1) is 16.8. The second-order valence-corrected chi connectivity index (χ2v) is 8.70. The predicted octanol–water partition coefficient (Wildman–Crippen LogP) is 5.47. The van der Waals surface area contributed by atoms with Crippen LogP contribution in [0.15, 0.2) is 77.2 Å². The van der Waals surface area contributed by atoms with Gasteiger partial charge in [-0.3, -0.25) is 0 Å². The molecule has 35 heavy (non-hydrogen) atoms. The number of benzene rings is 4. The van der Waals surface area contributed by atoms with E-state index in [-0.39, 0.29) is 28.7 Å². The number of aliphatic hydroxyl groups excluding tert-OH is 1. The van der Waals surface area contributed by atoms with Crippen molar-refractivity contribution in [2.45, 2.75) is 12.0 Å². The Morgan fingerprint density at radius 1 is 0.657 bits per heavy atom. The fourth-order valence-electron chi connectivity index (χ4n) is 5.08. The fraction of sp³-hybridized carbons (Fsp3) is 0.0714. The van der Waals surface area contributed by atoms with Gasteiger partial charge in [-0.25, -0.2) is 0 Å². The predicted molar refractivity (Wildman–Crippen MR) is 129 cm³/mol. The second-order valence-electron chi connectivity index (χ2n) is 8.70. The molecule has 4 aromatic carbocycles. The highest BCUT2D eigenvalue weighted by atomic mass is 16.3. The van der Waals surface area contributed by atoms with Gasteiger partial charge in [0.05, 0.1) is 6.10 Å². The molecule has 0 fully saturated rings. The zero-order valence-corrected chi connectivity index (χ0v) is 18.2. The molecule has 1 aliphatic carbocycles. The van der Waals surface area contributed by atoms with Crippen LogP contribution in [0.5, 0.6) is 28.7 Å². The minimum Gasteiger partial charge on any atom is -0.508 e. The molecule has 1 aromatic heterocycles. The maximum atomic E-state index is 11.7. The van der Waals surface area contributed by atoms with E-state index in [1.165, 1.54) is 48.5 Å². The number of phenols is 5. The Kier molecular flexibility index (Phi) is 4.46. The number of aromatic hydroxyl groups is 5. The maximum Gasteiger partial charge on any atom is 0.143 e. The van der Waals surface area contributed by atoms with Crippen LogP contribution in [-0.4, -0.2) is 30.6 Å². The van der Waals surface area contributed by atoms with Gasteiger partial charge < -0.3 is 35.1 Å². The van der Waals surface area contributed by atoms with E-state index in [1.54, 1.807) is 24.3 Å². The summed E-state index contributed by atoms with van der Waals surface area (Å²) in [7, 11) is 0. The Morgan fingerprint density at radius 3 is 1.97 bits per heavy atom. The lowest BCUT2D eigenvalue weighted by Crippen LogP contribution is -2.12. The molecule has 0 radical (unpaired) electrons. The van der Waals surface area contributed by atoms with Gasteiger partial charge >= 0.3 is 0 Å². The molecule has 2 atom stereocenters. The zero-order valence-electron chi connectivity index (χ0n) is 18.2. The van der Waals surface area contributed by atoms with Crippen molar-refractivity contribution >= 4 is 11.0 Å². The van der Waals surface area contributed by atoms with Crippen LogP contribution in [-0.2, 0) is 0 Å². The molecule has 1 heterocycles. The molecule has 0 unspecified atom stereocenters. The minimum absolute atomic E-state index is 0.0528. The lowest BCUT2D eigenvalue weighted by Gasteiger charge is -2.25. The number of hydrogen-bond donors (Lipinski definition) is 6. The van der Waals surface area contributed by atoms with Crippen LogP contribution in [0.25, 0.3) is 33.4 Å². The summed E-state index contributed by atoms with van der Waals surface area (Å²) >= 11 is 0. The van der Waals surface area contributed by atoms with Crippen LogP contribution in [0, 0.1) is 0 Å². The van der Waals surface area contributed by atoms with E-state index < -0.39 is 12.0 Å². The molecule has 5 aromatic rings. The van der Waals surface area contributed by atoms with Crippen molar-refractivity contribution in [3.63, 3.8) is 0 Å². The van der Waals surface area contributed by atoms with Crippen molar-refractivity contribution < 1.29 is 35.1 Å². The Labute approximate surface area is 199 Å². The van der Waals surface area contributed by atoms with Gasteiger partial charge in [0.2, 0.25) is 0 Å². The van der Waals surface area contributed by atoms with Gasteiger partial charge in [-0.05, 0) is 65.2 Å². The summed E-state index contributed by atoms with van der Waals surface area (Å²) in [6, 6.07) is 18.3. The van der Waals surface area contributed by atoms with Crippen LogP contribution in [0.4, 0.5) is 0 Å².